The Hall–Kier alpha value is -2.64. The average molecular weight is 349 g/mol. The Morgan fingerprint density at radius 1 is 1.20 bits per heavy atom. The molecule has 1 saturated carbocycles. The highest BCUT2D eigenvalue weighted by Crippen LogP contribution is 2.41. The topological polar surface area (TPSA) is 94.5 Å². The van der Waals surface area contributed by atoms with Crippen LogP contribution in [-0.4, -0.2) is 48.8 Å². The molecular formula is C17H19NO7. The lowest BCUT2D eigenvalue weighted by Gasteiger charge is -2.34. The quantitative estimate of drug-likeness (QED) is 0.820. The SMILES string of the molecule is O=C(O)O[C@H]1CC[C@@]2(CC1)CN(c1ccc3c(c1)OCCO3)C(=O)O2. The maximum absolute atomic E-state index is 12.4. The molecule has 1 aliphatic carbocycles. The predicted molar refractivity (Wildman–Crippen MR) is 85.4 cm³/mol. The van der Waals surface area contributed by atoms with Crippen molar-refractivity contribution >= 4 is 17.9 Å². The van der Waals surface area contributed by atoms with E-state index < -0.39 is 17.8 Å². The Morgan fingerprint density at radius 3 is 2.64 bits per heavy atom. The second-order valence-electron chi connectivity index (χ2n) is 6.55. The van der Waals surface area contributed by atoms with Crippen LogP contribution in [-0.2, 0) is 9.47 Å². The Kier molecular flexibility index (Phi) is 3.82. The van der Waals surface area contributed by atoms with E-state index in [2.05, 4.69) is 0 Å². The van der Waals surface area contributed by atoms with Gasteiger partial charge in [0.1, 0.15) is 24.9 Å². The number of hydrogen-bond acceptors (Lipinski definition) is 6. The molecule has 3 aliphatic rings. The molecule has 8 heteroatoms. The Labute approximate surface area is 144 Å². The van der Waals surface area contributed by atoms with Gasteiger partial charge in [0, 0.05) is 6.07 Å². The van der Waals surface area contributed by atoms with Crippen LogP contribution >= 0.6 is 0 Å². The molecule has 2 heterocycles. The Balaban J connectivity index is 1.47. The largest absolute Gasteiger partial charge is 0.506 e. The van der Waals surface area contributed by atoms with Gasteiger partial charge in [0.25, 0.3) is 0 Å². The molecule has 25 heavy (non-hydrogen) atoms. The van der Waals surface area contributed by atoms with Crippen LogP contribution in [0.15, 0.2) is 18.2 Å². The molecule has 1 N–H and O–H groups in total. The maximum Gasteiger partial charge on any atom is 0.506 e. The third kappa shape index (κ3) is 3.04. The van der Waals surface area contributed by atoms with Crippen LogP contribution in [0.5, 0.6) is 11.5 Å². The van der Waals surface area contributed by atoms with Gasteiger partial charge in [0.2, 0.25) is 0 Å². The van der Waals surface area contributed by atoms with Gasteiger partial charge in [-0.3, -0.25) is 4.90 Å². The molecule has 1 aromatic rings. The summed E-state index contributed by atoms with van der Waals surface area (Å²) < 4.78 is 21.6. The fourth-order valence-corrected chi connectivity index (χ4v) is 3.66. The van der Waals surface area contributed by atoms with Crippen molar-refractivity contribution in [2.75, 3.05) is 24.7 Å². The Bertz CT molecular complexity index is 696. The minimum atomic E-state index is -1.26. The lowest BCUT2D eigenvalue weighted by Crippen LogP contribution is -2.40. The molecule has 0 unspecified atom stereocenters. The molecular weight excluding hydrogens is 330 g/mol. The van der Waals surface area contributed by atoms with Crippen molar-refractivity contribution in [2.24, 2.45) is 0 Å². The van der Waals surface area contributed by atoms with E-state index in [9.17, 15) is 9.59 Å². The number of carbonyl (C=O) groups is 2. The van der Waals surface area contributed by atoms with E-state index in [0.717, 1.165) is 0 Å². The molecule has 134 valence electrons. The zero-order valence-corrected chi connectivity index (χ0v) is 13.6. The second-order valence-corrected chi connectivity index (χ2v) is 6.55. The van der Waals surface area contributed by atoms with Gasteiger partial charge in [-0.15, -0.1) is 0 Å². The van der Waals surface area contributed by atoms with E-state index in [0.29, 0.717) is 62.6 Å². The number of fused-ring (bicyclic) bond motifs is 1. The summed E-state index contributed by atoms with van der Waals surface area (Å²) in [6.07, 6.45) is 0.278. The van der Waals surface area contributed by atoms with E-state index in [1.807, 2.05) is 6.07 Å². The zero-order chi connectivity index (χ0) is 17.4. The molecule has 0 radical (unpaired) electrons. The van der Waals surface area contributed by atoms with Gasteiger partial charge < -0.3 is 24.1 Å². The van der Waals surface area contributed by atoms with E-state index >= 15 is 0 Å². The summed E-state index contributed by atoms with van der Waals surface area (Å²) in [6, 6.07) is 5.39. The molecule has 2 fully saturated rings. The number of amides is 1. The monoisotopic (exact) mass is 349 g/mol. The molecule has 1 aromatic carbocycles. The fourth-order valence-electron chi connectivity index (χ4n) is 3.66. The molecule has 1 amide bonds. The average Bonchev–Trinajstić information content (AvgIpc) is 2.93. The van der Waals surface area contributed by atoms with Gasteiger partial charge in [-0.25, -0.2) is 9.59 Å². The normalized spacial score (nSPS) is 27.9. The van der Waals surface area contributed by atoms with Gasteiger partial charge in [-0.05, 0) is 37.8 Å². The smallest absolute Gasteiger partial charge is 0.486 e. The highest BCUT2D eigenvalue weighted by Gasteiger charge is 2.48. The standard InChI is InChI=1S/C17H19NO7/c19-15-18(11-1-2-13-14(9-11)23-8-7-22-13)10-17(25-15)5-3-12(4-6-17)24-16(20)21/h1-2,9,12H,3-8,10H2,(H,20,21)/t12-,17+. The first-order valence-electron chi connectivity index (χ1n) is 8.34. The minimum absolute atomic E-state index is 0.329. The van der Waals surface area contributed by atoms with E-state index in [1.165, 1.54) is 0 Å². The van der Waals surface area contributed by atoms with Crippen LogP contribution in [0.1, 0.15) is 25.7 Å². The van der Waals surface area contributed by atoms with Gasteiger partial charge in [0.15, 0.2) is 11.5 Å². The van der Waals surface area contributed by atoms with Crippen LogP contribution in [0.2, 0.25) is 0 Å². The predicted octanol–water partition coefficient (Wildman–Crippen LogP) is 2.79. The van der Waals surface area contributed by atoms with Gasteiger partial charge in [-0.2, -0.15) is 0 Å². The molecule has 0 aromatic heterocycles. The summed E-state index contributed by atoms with van der Waals surface area (Å²) >= 11 is 0. The number of hydrogen-bond donors (Lipinski definition) is 1. The number of benzene rings is 1. The molecule has 4 rings (SSSR count). The van der Waals surface area contributed by atoms with Gasteiger partial charge in [0.05, 0.1) is 12.2 Å². The Morgan fingerprint density at radius 2 is 1.92 bits per heavy atom. The van der Waals surface area contributed by atoms with Crippen LogP contribution in [0.25, 0.3) is 0 Å². The molecule has 1 saturated heterocycles. The number of anilines is 1. The van der Waals surface area contributed by atoms with E-state index in [-0.39, 0.29) is 6.10 Å². The van der Waals surface area contributed by atoms with Crippen molar-refractivity contribution in [3.63, 3.8) is 0 Å². The molecule has 8 nitrogen and oxygen atoms in total. The number of ether oxygens (including phenoxy) is 4. The van der Waals surface area contributed by atoms with Crippen LogP contribution in [0, 0.1) is 0 Å². The fraction of sp³-hybridized carbons (Fsp3) is 0.529. The second kappa shape index (κ2) is 6.02. The number of carboxylic acid groups (broad SMARTS) is 1. The molecule has 2 aliphatic heterocycles. The number of nitrogens with zero attached hydrogens (tertiary/aromatic N) is 1. The summed E-state index contributed by atoms with van der Waals surface area (Å²) in [7, 11) is 0. The first-order chi connectivity index (χ1) is 12.0. The highest BCUT2D eigenvalue weighted by molar-refractivity contribution is 5.90. The third-order valence-electron chi connectivity index (χ3n) is 4.92. The number of rotatable bonds is 2. The van der Waals surface area contributed by atoms with Crippen LogP contribution in [0.3, 0.4) is 0 Å². The van der Waals surface area contributed by atoms with Crippen molar-refractivity contribution in [1.29, 1.82) is 0 Å². The summed E-state index contributed by atoms with van der Waals surface area (Å²) in [5, 5.41) is 8.71. The van der Waals surface area contributed by atoms with Crippen molar-refractivity contribution in [1.82, 2.24) is 0 Å². The van der Waals surface area contributed by atoms with Crippen LogP contribution in [0.4, 0.5) is 15.3 Å². The van der Waals surface area contributed by atoms with Crippen molar-refractivity contribution in [2.45, 2.75) is 37.4 Å². The van der Waals surface area contributed by atoms with Gasteiger partial charge in [-0.1, -0.05) is 0 Å². The first kappa shape index (κ1) is 15.9. The molecule has 0 bridgehead atoms. The zero-order valence-electron chi connectivity index (χ0n) is 13.6. The third-order valence-corrected chi connectivity index (χ3v) is 4.92. The summed E-state index contributed by atoms with van der Waals surface area (Å²) in [6.45, 7) is 1.43. The summed E-state index contributed by atoms with van der Waals surface area (Å²) in [5.74, 6) is 1.29. The van der Waals surface area contributed by atoms with Crippen molar-refractivity contribution in [3.05, 3.63) is 18.2 Å². The van der Waals surface area contributed by atoms with E-state index in [4.69, 9.17) is 24.1 Å². The lowest BCUT2D eigenvalue weighted by atomic mass is 9.83. The summed E-state index contributed by atoms with van der Waals surface area (Å²) in [5.41, 5.74) is 0.123. The molecule has 1 spiro atoms. The van der Waals surface area contributed by atoms with Crippen molar-refractivity contribution < 1.29 is 33.6 Å². The highest BCUT2D eigenvalue weighted by atomic mass is 16.7. The van der Waals surface area contributed by atoms with Crippen molar-refractivity contribution in [3.8, 4) is 11.5 Å². The maximum atomic E-state index is 12.4. The summed E-state index contributed by atoms with van der Waals surface area (Å²) in [4.78, 5) is 24.6. The van der Waals surface area contributed by atoms with E-state index in [1.54, 1.807) is 17.0 Å². The minimum Gasteiger partial charge on any atom is -0.486 e. The number of carbonyl (C=O) groups excluding carboxylic acids is 1. The first-order valence-corrected chi connectivity index (χ1v) is 8.34. The lowest BCUT2D eigenvalue weighted by molar-refractivity contribution is -0.0278. The molecule has 0 atom stereocenters. The van der Waals surface area contributed by atoms with Gasteiger partial charge >= 0.3 is 12.2 Å². The van der Waals surface area contributed by atoms with Crippen LogP contribution < -0.4 is 14.4 Å².